The van der Waals surface area contributed by atoms with Crippen molar-refractivity contribution >= 4 is 5.78 Å². The first-order valence-corrected chi connectivity index (χ1v) is 4.99. The Bertz CT molecular complexity index is 484. The first-order chi connectivity index (χ1) is 8.46. The summed E-state index contributed by atoms with van der Waals surface area (Å²) in [6, 6.07) is 7.07. The lowest BCUT2D eigenvalue weighted by molar-refractivity contribution is -0.133. The number of nitriles is 1. The van der Waals surface area contributed by atoms with Crippen LogP contribution in [0.4, 0.5) is 8.78 Å². The Hall–Kier alpha value is -2.00. The van der Waals surface area contributed by atoms with Crippen molar-refractivity contribution in [2.45, 2.75) is 19.1 Å². The highest BCUT2D eigenvalue weighted by molar-refractivity contribution is 5.89. The molecule has 0 aliphatic rings. The van der Waals surface area contributed by atoms with E-state index in [2.05, 4.69) is 4.74 Å². The van der Waals surface area contributed by atoms with E-state index in [9.17, 15) is 13.6 Å². The van der Waals surface area contributed by atoms with Gasteiger partial charge in [0.25, 0.3) is 0 Å². The van der Waals surface area contributed by atoms with Gasteiger partial charge in [-0.1, -0.05) is 12.1 Å². The van der Waals surface area contributed by atoms with Crippen LogP contribution in [0.25, 0.3) is 0 Å². The Morgan fingerprint density at radius 3 is 2.61 bits per heavy atom. The average Bonchev–Trinajstić information content (AvgIpc) is 2.30. The van der Waals surface area contributed by atoms with E-state index in [0.717, 1.165) is 0 Å². The van der Waals surface area contributed by atoms with Crippen LogP contribution in [0.3, 0.4) is 0 Å². The van der Waals surface area contributed by atoms with E-state index < -0.39 is 18.0 Å². The van der Waals surface area contributed by atoms with Gasteiger partial charge in [-0.2, -0.15) is 14.0 Å². The van der Waals surface area contributed by atoms with Crippen molar-refractivity contribution in [2.75, 3.05) is 7.11 Å². The van der Waals surface area contributed by atoms with E-state index in [1.807, 2.05) is 0 Å². The molecule has 0 fully saturated rings. The minimum absolute atomic E-state index is 0.138. The van der Waals surface area contributed by atoms with E-state index >= 15 is 0 Å². The van der Waals surface area contributed by atoms with Crippen molar-refractivity contribution in [2.24, 2.45) is 0 Å². The molecule has 0 heterocycles. The van der Waals surface area contributed by atoms with Crippen LogP contribution < -0.4 is 4.74 Å². The molecule has 0 saturated carbocycles. The fourth-order valence-electron chi connectivity index (χ4n) is 1.55. The number of hydrogen-bond acceptors (Lipinski definition) is 4. The number of carbonyl (C=O) groups excluding carboxylic acids is 1. The highest BCUT2D eigenvalue weighted by atomic mass is 19.3. The third-order valence-corrected chi connectivity index (χ3v) is 2.43. The lowest BCUT2D eigenvalue weighted by Crippen LogP contribution is -2.34. The number of carbonyl (C=O) groups is 1. The van der Waals surface area contributed by atoms with E-state index in [4.69, 9.17) is 10.00 Å². The summed E-state index contributed by atoms with van der Waals surface area (Å²) >= 11 is 0. The summed E-state index contributed by atoms with van der Waals surface area (Å²) in [5.41, 5.74) is -1.65. The third kappa shape index (κ3) is 2.63. The molecule has 0 N–H and O–H groups in total. The fourth-order valence-corrected chi connectivity index (χ4v) is 1.55. The molecule has 0 aromatic heterocycles. The molecule has 0 aliphatic carbocycles. The molecule has 1 rings (SSSR count). The highest BCUT2D eigenvalue weighted by Crippen LogP contribution is 2.29. The maximum absolute atomic E-state index is 12.1. The monoisotopic (exact) mass is 255 g/mol. The molecule has 4 nitrogen and oxygen atoms in total. The summed E-state index contributed by atoms with van der Waals surface area (Å²) in [5, 5.41) is 9.09. The number of rotatable bonds is 5. The first kappa shape index (κ1) is 14.1. The van der Waals surface area contributed by atoms with Crippen LogP contribution in [-0.4, -0.2) is 19.5 Å². The molecule has 0 spiro atoms. The van der Waals surface area contributed by atoms with Gasteiger partial charge in [0.2, 0.25) is 5.60 Å². The number of hydrogen-bond donors (Lipinski definition) is 0. The number of ketones is 1. The minimum atomic E-state index is -2.98. The predicted octanol–water partition coefficient (Wildman–Crippen LogP) is 2.24. The number of nitrogens with zero attached hydrogens (tertiary/aromatic N) is 1. The average molecular weight is 255 g/mol. The van der Waals surface area contributed by atoms with Crippen LogP contribution in [0.15, 0.2) is 24.3 Å². The van der Waals surface area contributed by atoms with Crippen molar-refractivity contribution in [3.63, 3.8) is 0 Å². The number of Topliss-reactive ketones (excluding diaryl/α,β-unsaturated/α-hetero) is 1. The fraction of sp³-hybridized carbons (Fsp3) is 0.333. The summed E-state index contributed by atoms with van der Waals surface area (Å²) < 4.78 is 33.3. The molecule has 96 valence electrons. The number of ether oxygens (including phenoxy) is 2. The molecule has 1 aromatic carbocycles. The van der Waals surface area contributed by atoms with Gasteiger partial charge in [-0.05, 0) is 19.1 Å². The summed E-state index contributed by atoms with van der Waals surface area (Å²) in [6.45, 7) is -1.79. The molecule has 6 heteroatoms. The van der Waals surface area contributed by atoms with Gasteiger partial charge in [-0.25, -0.2) is 0 Å². The van der Waals surface area contributed by atoms with Gasteiger partial charge >= 0.3 is 6.61 Å². The Kier molecular flexibility index (Phi) is 4.34. The Morgan fingerprint density at radius 1 is 1.50 bits per heavy atom. The van der Waals surface area contributed by atoms with Crippen molar-refractivity contribution in [1.29, 1.82) is 5.26 Å². The number of methoxy groups -OCH3 is 1. The SMILES string of the molecule is COC(C#N)(C(C)=O)c1cccc(OC(F)F)c1. The zero-order chi connectivity index (χ0) is 13.8. The van der Waals surface area contributed by atoms with Crippen molar-refractivity contribution in [3.8, 4) is 11.8 Å². The molecule has 0 radical (unpaired) electrons. The summed E-state index contributed by atoms with van der Waals surface area (Å²) in [4.78, 5) is 11.5. The Morgan fingerprint density at radius 2 is 2.17 bits per heavy atom. The minimum Gasteiger partial charge on any atom is -0.435 e. The molecule has 0 amide bonds. The Balaban J connectivity index is 3.23. The van der Waals surface area contributed by atoms with Crippen LogP contribution in [-0.2, 0) is 15.1 Å². The standard InChI is InChI=1S/C12H11F2NO3/c1-8(16)12(7-15,17-2)9-4-3-5-10(6-9)18-11(13)14/h3-6,11H,1-2H3. The second kappa shape index (κ2) is 5.56. The second-order valence-electron chi connectivity index (χ2n) is 3.46. The van der Waals surface area contributed by atoms with Gasteiger partial charge in [-0.3, -0.25) is 4.79 Å². The van der Waals surface area contributed by atoms with E-state index in [-0.39, 0.29) is 11.3 Å². The summed E-state index contributed by atoms with van der Waals surface area (Å²) in [6.07, 6.45) is 0. The summed E-state index contributed by atoms with van der Waals surface area (Å²) in [7, 11) is 1.20. The molecule has 1 aromatic rings. The molecular weight excluding hydrogens is 244 g/mol. The normalized spacial score (nSPS) is 13.8. The van der Waals surface area contributed by atoms with Crippen LogP contribution >= 0.6 is 0 Å². The van der Waals surface area contributed by atoms with Crippen LogP contribution in [0.5, 0.6) is 5.75 Å². The van der Waals surface area contributed by atoms with Crippen molar-refractivity contribution < 1.29 is 23.0 Å². The first-order valence-electron chi connectivity index (χ1n) is 4.99. The maximum atomic E-state index is 12.1. The molecule has 18 heavy (non-hydrogen) atoms. The number of halogens is 2. The van der Waals surface area contributed by atoms with Crippen LogP contribution in [0.2, 0.25) is 0 Å². The summed E-state index contributed by atoms with van der Waals surface area (Å²) in [5.74, 6) is -0.679. The van der Waals surface area contributed by atoms with E-state index in [1.54, 1.807) is 6.07 Å². The molecular formula is C12H11F2NO3. The quantitative estimate of drug-likeness (QED) is 0.809. The largest absolute Gasteiger partial charge is 0.435 e. The van der Waals surface area contributed by atoms with E-state index in [1.165, 1.54) is 38.3 Å². The zero-order valence-corrected chi connectivity index (χ0v) is 9.81. The van der Waals surface area contributed by atoms with Crippen molar-refractivity contribution in [3.05, 3.63) is 29.8 Å². The van der Waals surface area contributed by atoms with Gasteiger partial charge in [0.1, 0.15) is 11.8 Å². The molecule has 0 bridgehead atoms. The van der Waals surface area contributed by atoms with Crippen LogP contribution in [0, 0.1) is 11.3 Å². The highest BCUT2D eigenvalue weighted by Gasteiger charge is 2.38. The lowest BCUT2D eigenvalue weighted by Gasteiger charge is -2.22. The smallest absolute Gasteiger partial charge is 0.387 e. The molecule has 0 saturated heterocycles. The van der Waals surface area contributed by atoms with Crippen molar-refractivity contribution in [1.82, 2.24) is 0 Å². The maximum Gasteiger partial charge on any atom is 0.387 e. The Labute approximate surface area is 103 Å². The zero-order valence-electron chi connectivity index (χ0n) is 9.81. The number of alkyl halides is 2. The predicted molar refractivity (Wildman–Crippen MR) is 58.1 cm³/mol. The van der Waals surface area contributed by atoms with Crippen LogP contribution in [0.1, 0.15) is 12.5 Å². The third-order valence-electron chi connectivity index (χ3n) is 2.43. The molecule has 1 unspecified atom stereocenters. The molecule has 0 aliphatic heterocycles. The van der Waals surface area contributed by atoms with Gasteiger partial charge in [0.05, 0.1) is 0 Å². The van der Waals surface area contributed by atoms with Gasteiger partial charge in [-0.15, -0.1) is 0 Å². The second-order valence-corrected chi connectivity index (χ2v) is 3.46. The molecule has 1 atom stereocenters. The lowest BCUT2D eigenvalue weighted by atomic mass is 9.91. The van der Waals surface area contributed by atoms with E-state index in [0.29, 0.717) is 0 Å². The van der Waals surface area contributed by atoms with Gasteiger partial charge in [0.15, 0.2) is 5.78 Å². The number of benzene rings is 1. The topological polar surface area (TPSA) is 59.3 Å². The van der Waals surface area contributed by atoms with Gasteiger partial charge < -0.3 is 9.47 Å². The van der Waals surface area contributed by atoms with Gasteiger partial charge in [0, 0.05) is 12.7 Å².